The van der Waals surface area contributed by atoms with Crippen LogP contribution in [0.15, 0.2) is 59.6 Å². The van der Waals surface area contributed by atoms with Gasteiger partial charge in [-0.2, -0.15) is 0 Å². The minimum absolute atomic E-state index is 0.337. The van der Waals surface area contributed by atoms with Gasteiger partial charge in [0, 0.05) is 14.1 Å². The predicted molar refractivity (Wildman–Crippen MR) is 110 cm³/mol. The number of benzene rings is 2. The summed E-state index contributed by atoms with van der Waals surface area (Å²) in [6.07, 6.45) is 0. The van der Waals surface area contributed by atoms with Gasteiger partial charge in [0.1, 0.15) is 10.1 Å². The van der Waals surface area contributed by atoms with E-state index in [1.54, 1.807) is 31.2 Å². The normalized spacial score (nSPS) is 11.0. The number of nitrogens with zero attached hydrogens (tertiary/aromatic N) is 2. The van der Waals surface area contributed by atoms with Gasteiger partial charge in [0.15, 0.2) is 0 Å². The summed E-state index contributed by atoms with van der Waals surface area (Å²) in [5, 5.41) is 0.402. The van der Waals surface area contributed by atoms with Crippen molar-refractivity contribution >= 4 is 45.2 Å². The molecule has 5 nitrogen and oxygen atoms in total. The van der Waals surface area contributed by atoms with Crippen molar-refractivity contribution in [3.05, 3.63) is 60.2 Å². The van der Waals surface area contributed by atoms with E-state index in [9.17, 15) is 4.79 Å². The maximum Gasteiger partial charge on any atom is 0.338 e. The van der Waals surface area contributed by atoms with Crippen LogP contribution in [0.4, 0.5) is 5.69 Å². The Hall–Kier alpha value is -2.38. The quantitative estimate of drug-likeness (QED) is 0.332. The number of thiocarbonyl (C=S) groups is 1. The van der Waals surface area contributed by atoms with Gasteiger partial charge >= 0.3 is 5.97 Å². The second kappa shape index (κ2) is 9.94. The van der Waals surface area contributed by atoms with Gasteiger partial charge in [-0.05, 0) is 55.1 Å². The number of hydrogen-bond acceptors (Lipinski definition) is 6. The van der Waals surface area contributed by atoms with Crippen molar-refractivity contribution in [2.24, 2.45) is 4.99 Å². The summed E-state index contributed by atoms with van der Waals surface area (Å²) >= 11 is 6.59. The van der Waals surface area contributed by atoms with E-state index in [4.69, 9.17) is 21.7 Å². The molecule has 0 aliphatic carbocycles. The lowest BCUT2D eigenvalue weighted by molar-refractivity contribution is 0.0526. The van der Waals surface area contributed by atoms with E-state index in [1.165, 1.54) is 11.8 Å². The summed E-state index contributed by atoms with van der Waals surface area (Å²) in [6, 6.07) is 16.2. The Morgan fingerprint density at radius 2 is 1.77 bits per heavy atom. The van der Waals surface area contributed by atoms with Crippen LogP contribution in [-0.4, -0.2) is 41.1 Å². The number of esters is 1. The summed E-state index contributed by atoms with van der Waals surface area (Å²) in [5.74, 6) is 0.196. The Morgan fingerprint density at radius 3 is 2.35 bits per heavy atom. The smallest absolute Gasteiger partial charge is 0.338 e. The second-order valence-electron chi connectivity index (χ2n) is 5.32. The molecule has 2 aromatic rings. The summed E-state index contributed by atoms with van der Waals surface area (Å²) in [7, 11) is 3.73. The van der Waals surface area contributed by atoms with Gasteiger partial charge in [0.2, 0.25) is 0 Å². The zero-order valence-corrected chi connectivity index (χ0v) is 16.5. The molecule has 0 aromatic heterocycles. The van der Waals surface area contributed by atoms with Crippen molar-refractivity contribution in [2.45, 2.75) is 6.92 Å². The van der Waals surface area contributed by atoms with Crippen LogP contribution in [-0.2, 0) is 4.74 Å². The molecule has 0 amide bonds. The Morgan fingerprint density at radius 1 is 1.12 bits per heavy atom. The average molecular weight is 389 g/mol. The van der Waals surface area contributed by atoms with Gasteiger partial charge < -0.3 is 14.4 Å². The molecule has 0 spiro atoms. The Kier molecular flexibility index (Phi) is 7.62. The number of hydrogen-bond donors (Lipinski definition) is 0. The predicted octanol–water partition coefficient (Wildman–Crippen LogP) is 4.51. The van der Waals surface area contributed by atoms with Gasteiger partial charge in [-0.15, -0.1) is 0 Å². The largest absolute Gasteiger partial charge is 0.462 e. The molecule has 0 atom stereocenters. The Balaban J connectivity index is 2.19. The van der Waals surface area contributed by atoms with Crippen LogP contribution >= 0.6 is 24.0 Å². The van der Waals surface area contributed by atoms with Crippen LogP contribution in [0.2, 0.25) is 0 Å². The highest BCUT2D eigenvalue weighted by Crippen LogP contribution is 2.21. The number of aliphatic imine (C=N–C) groups is 1. The number of thioether (sulfide) groups is 1. The molecule has 136 valence electrons. The Bertz CT molecular complexity index is 775. The van der Waals surface area contributed by atoms with Crippen LogP contribution in [0.1, 0.15) is 17.3 Å². The summed E-state index contributed by atoms with van der Waals surface area (Å²) in [6.45, 7) is 2.11. The van der Waals surface area contributed by atoms with Crippen LogP contribution < -0.4 is 4.74 Å². The third kappa shape index (κ3) is 6.16. The SMILES string of the molecule is CCOC(=O)c1ccc(OC(=Nc2ccccc2)SC(=S)N(C)C)cc1. The zero-order chi connectivity index (χ0) is 18.9. The van der Waals surface area contributed by atoms with Crippen LogP contribution in [0.5, 0.6) is 5.75 Å². The van der Waals surface area contributed by atoms with E-state index in [1.807, 2.05) is 49.3 Å². The molecule has 0 aliphatic heterocycles. The first-order chi connectivity index (χ1) is 12.5. The van der Waals surface area contributed by atoms with Crippen molar-refractivity contribution in [1.82, 2.24) is 4.90 Å². The highest BCUT2D eigenvalue weighted by atomic mass is 32.2. The number of para-hydroxylation sites is 1. The topological polar surface area (TPSA) is 51.1 Å². The van der Waals surface area contributed by atoms with E-state index in [2.05, 4.69) is 4.99 Å². The molecule has 0 heterocycles. The molecule has 2 rings (SSSR count). The number of carbonyl (C=O) groups excluding carboxylic acids is 1. The van der Waals surface area contributed by atoms with Crippen LogP contribution in [0.3, 0.4) is 0 Å². The third-order valence-corrected chi connectivity index (χ3v) is 4.59. The molecule has 0 saturated carbocycles. The van der Waals surface area contributed by atoms with Gasteiger partial charge in [-0.25, -0.2) is 9.79 Å². The van der Waals surface area contributed by atoms with Crippen molar-refractivity contribution in [3.8, 4) is 5.75 Å². The second-order valence-corrected chi connectivity index (χ2v) is 6.91. The molecular formula is C19H20N2O3S2. The minimum Gasteiger partial charge on any atom is -0.462 e. The van der Waals surface area contributed by atoms with Crippen LogP contribution in [0, 0.1) is 0 Å². The van der Waals surface area contributed by atoms with E-state index in [0.29, 0.717) is 27.5 Å². The van der Waals surface area contributed by atoms with Gasteiger partial charge in [0.05, 0.1) is 17.9 Å². The molecule has 0 aliphatic rings. The lowest BCUT2D eigenvalue weighted by atomic mass is 10.2. The summed E-state index contributed by atoms with van der Waals surface area (Å²) in [4.78, 5) is 18.1. The van der Waals surface area contributed by atoms with Gasteiger partial charge in [0.25, 0.3) is 5.23 Å². The Labute approximate surface area is 163 Å². The van der Waals surface area contributed by atoms with E-state index in [-0.39, 0.29) is 5.97 Å². The molecule has 0 fully saturated rings. The molecular weight excluding hydrogens is 368 g/mol. The summed E-state index contributed by atoms with van der Waals surface area (Å²) in [5.41, 5.74) is 1.23. The van der Waals surface area contributed by atoms with Crippen LogP contribution in [0.25, 0.3) is 0 Å². The fraction of sp³-hybridized carbons (Fsp3) is 0.211. The van der Waals surface area contributed by atoms with Gasteiger partial charge in [-0.3, -0.25) is 0 Å². The molecule has 0 N–H and O–H groups in total. The highest BCUT2D eigenvalue weighted by Gasteiger charge is 2.12. The molecule has 26 heavy (non-hydrogen) atoms. The van der Waals surface area contributed by atoms with Gasteiger partial charge in [-0.1, -0.05) is 30.4 Å². The molecule has 0 bridgehead atoms. The third-order valence-electron chi connectivity index (χ3n) is 3.09. The molecule has 0 saturated heterocycles. The van der Waals surface area contributed by atoms with Crippen molar-refractivity contribution in [1.29, 1.82) is 0 Å². The first-order valence-electron chi connectivity index (χ1n) is 7.97. The van der Waals surface area contributed by atoms with E-state index < -0.39 is 0 Å². The zero-order valence-electron chi connectivity index (χ0n) is 14.8. The lowest BCUT2D eigenvalue weighted by Gasteiger charge is -2.14. The number of ether oxygens (including phenoxy) is 2. The highest BCUT2D eigenvalue weighted by molar-refractivity contribution is 8.32. The molecule has 0 radical (unpaired) electrons. The van der Waals surface area contributed by atoms with E-state index >= 15 is 0 Å². The maximum absolute atomic E-state index is 11.7. The fourth-order valence-corrected chi connectivity index (χ4v) is 2.65. The average Bonchev–Trinajstić information content (AvgIpc) is 2.63. The van der Waals surface area contributed by atoms with E-state index in [0.717, 1.165) is 5.69 Å². The monoisotopic (exact) mass is 388 g/mol. The summed E-state index contributed by atoms with van der Waals surface area (Å²) < 4.78 is 11.5. The van der Waals surface area contributed by atoms with Crippen molar-refractivity contribution in [2.75, 3.05) is 20.7 Å². The fourth-order valence-electron chi connectivity index (χ4n) is 1.81. The first-order valence-corrected chi connectivity index (χ1v) is 9.20. The molecule has 2 aromatic carbocycles. The number of rotatable bonds is 4. The molecule has 7 heteroatoms. The first kappa shape index (κ1) is 19.9. The number of carbonyl (C=O) groups is 1. The lowest BCUT2D eigenvalue weighted by Crippen LogP contribution is -2.19. The standard InChI is InChI=1S/C19H20N2O3S2/c1-4-23-17(22)14-10-12-16(13-11-14)24-18(26-19(25)21(2)3)20-15-8-6-5-7-9-15/h5-13H,4H2,1-3H3. The van der Waals surface area contributed by atoms with Crippen molar-refractivity contribution in [3.63, 3.8) is 0 Å². The maximum atomic E-state index is 11.7. The minimum atomic E-state index is -0.361. The molecule has 0 unspecified atom stereocenters. The van der Waals surface area contributed by atoms with Crippen molar-refractivity contribution < 1.29 is 14.3 Å².